The Morgan fingerprint density at radius 1 is 0.632 bits per heavy atom. The van der Waals surface area contributed by atoms with Crippen LogP contribution in [-0.2, 0) is 0 Å². The summed E-state index contributed by atoms with van der Waals surface area (Å²) in [4.78, 5) is 12.1. The summed E-state index contributed by atoms with van der Waals surface area (Å²) in [6.07, 6.45) is 6.63. The summed E-state index contributed by atoms with van der Waals surface area (Å²) in [5.74, 6) is 1.40. The highest BCUT2D eigenvalue weighted by Gasteiger charge is 2.21. The maximum absolute atomic E-state index is 4.55. The minimum absolute atomic E-state index is 1.08. The Balaban J connectivity index is 0.000000122. The first-order valence-corrected chi connectivity index (χ1v) is 8.15. The van der Waals surface area contributed by atoms with Gasteiger partial charge in [0.2, 0.25) is 0 Å². The van der Waals surface area contributed by atoms with Crippen LogP contribution < -0.4 is 0 Å². The maximum Gasteiger partial charge on any atom is 0.0988 e. The largest absolute Gasteiger partial charge is 0.360 e. The fourth-order valence-electron chi connectivity index (χ4n) is 3.46. The number of aliphatic imine (C=N–C) groups is 1. The third-order valence-electron chi connectivity index (χ3n) is 4.77. The maximum atomic E-state index is 4.55. The van der Waals surface area contributed by atoms with Crippen molar-refractivity contribution in [3.63, 3.8) is 0 Å². The van der Waals surface area contributed by atoms with Gasteiger partial charge in [0.05, 0.1) is 5.84 Å². The third-order valence-corrected chi connectivity index (χ3v) is 4.77. The molecular weight excluding hydrogens is 236 g/mol. The fourth-order valence-corrected chi connectivity index (χ4v) is 3.46. The number of hydrogen-bond donors (Lipinski definition) is 0. The molecule has 0 amide bonds. The summed E-state index contributed by atoms with van der Waals surface area (Å²) < 4.78 is 0. The van der Waals surface area contributed by atoms with Crippen molar-refractivity contribution in [2.24, 2.45) is 4.99 Å². The van der Waals surface area contributed by atoms with E-state index in [1.54, 1.807) is 0 Å². The molecule has 4 saturated heterocycles. The van der Waals surface area contributed by atoms with Crippen LogP contribution in [0.2, 0.25) is 0 Å². The van der Waals surface area contributed by atoms with Gasteiger partial charge in [-0.1, -0.05) is 6.42 Å². The Hall–Kier alpha value is -0.610. The van der Waals surface area contributed by atoms with Crippen LogP contribution in [0, 0.1) is 0 Å². The second kappa shape index (κ2) is 6.71. The molecule has 0 N–H and O–H groups in total. The first kappa shape index (κ1) is 13.4. The average molecular weight is 264 g/mol. The van der Waals surface area contributed by atoms with E-state index in [1.807, 2.05) is 0 Å². The lowest BCUT2D eigenvalue weighted by molar-refractivity contribution is 0.0647. The summed E-state index contributed by atoms with van der Waals surface area (Å²) in [6.45, 7) is 11.5. The molecule has 4 nitrogen and oxygen atoms in total. The van der Waals surface area contributed by atoms with Gasteiger partial charge in [0.1, 0.15) is 0 Å². The van der Waals surface area contributed by atoms with Crippen LogP contribution in [-0.4, -0.2) is 79.4 Å². The molecule has 0 spiro atoms. The van der Waals surface area contributed by atoms with E-state index in [-0.39, 0.29) is 0 Å². The quantitative estimate of drug-likeness (QED) is 0.658. The molecule has 4 fully saturated rings. The summed E-state index contributed by atoms with van der Waals surface area (Å²) in [5.41, 5.74) is 0. The molecule has 0 unspecified atom stereocenters. The van der Waals surface area contributed by atoms with Crippen LogP contribution in [0.1, 0.15) is 32.1 Å². The van der Waals surface area contributed by atoms with Crippen molar-refractivity contribution < 1.29 is 0 Å². The predicted molar refractivity (Wildman–Crippen MR) is 79.8 cm³/mol. The van der Waals surface area contributed by atoms with Crippen molar-refractivity contribution >= 4 is 5.84 Å². The first-order valence-electron chi connectivity index (χ1n) is 8.15. The van der Waals surface area contributed by atoms with Gasteiger partial charge >= 0.3 is 0 Å². The minimum Gasteiger partial charge on any atom is -0.360 e. The first-order chi connectivity index (χ1) is 9.42. The van der Waals surface area contributed by atoms with E-state index in [0.717, 1.165) is 6.54 Å². The van der Waals surface area contributed by atoms with Crippen molar-refractivity contribution in [1.29, 1.82) is 0 Å². The van der Waals surface area contributed by atoms with Crippen molar-refractivity contribution in [3.8, 4) is 0 Å². The second-order valence-electron chi connectivity index (χ2n) is 6.13. The van der Waals surface area contributed by atoms with Gasteiger partial charge in [-0.15, -0.1) is 0 Å². The normalized spacial score (nSPS) is 33.7. The second-order valence-corrected chi connectivity index (χ2v) is 6.13. The topological polar surface area (TPSA) is 22.1 Å². The molecule has 0 aliphatic carbocycles. The molecule has 5 aliphatic rings. The van der Waals surface area contributed by atoms with Gasteiger partial charge in [-0.2, -0.15) is 0 Å². The van der Waals surface area contributed by atoms with Crippen molar-refractivity contribution in [2.75, 3.05) is 58.9 Å². The molecule has 5 heterocycles. The molecule has 5 aliphatic heterocycles. The van der Waals surface area contributed by atoms with Gasteiger partial charge in [0.25, 0.3) is 0 Å². The van der Waals surface area contributed by atoms with Gasteiger partial charge in [-0.05, 0) is 19.3 Å². The number of hydrogen-bond acceptors (Lipinski definition) is 4. The number of nitrogens with zero attached hydrogens (tertiary/aromatic N) is 4. The van der Waals surface area contributed by atoms with E-state index in [2.05, 4.69) is 19.7 Å². The molecule has 0 aromatic heterocycles. The van der Waals surface area contributed by atoms with Crippen LogP contribution in [0.25, 0.3) is 0 Å². The zero-order valence-corrected chi connectivity index (χ0v) is 12.2. The van der Waals surface area contributed by atoms with Gasteiger partial charge in [-0.25, -0.2) is 0 Å². The predicted octanol–water partition coefficient (Wildman–Crippen LogP) is 1.28. The molecule has 0 saturated carbocycles. The smallest absolute Gasteiger partial charge is 0.0988 e. The third kappa shape index (κ3) is 3.69. The van der Waals surface area contributed by atoms with Gasteiger partial charge in [0, 0.05) is 65.3 Å². The number of rotatable bonds is 0. The van der Waals surface area contributed by atoms with Crippen LogP contribution >= 0.6 is 0 Å². The average Bonchev–Trinajstić information content (AvgIpc) is 2.75. The lowest BCUT2D eigenvalue weighted by Gasteiger charge is -2.41. The van der Waals surface area contributed by atoms with E-state index in [9.17, 15) is 0 Å². The summed E-state index contributed by atoms with van der Waals surface area (Å²) in [7, 11) is 0. The number of piperazine rings is 3. The van der Waals surface area contributed by atoms with E-state index in [1.165, 1.54) is 90.3 Å². The number of fused-ring (bicyclic) bond motifs is 4. The zero-order valence-electron chi connectivity index (χ0n) is 12.2. The van der Waals surface area contributed by atoms with Gasteiger partial charge in [-0.3, -0.25) is 14.8 Å². The summed E-state index contributed by atoms with van der Waals surface area (Å²) in [5, 5.41) is 0. The minimum atomic E-state index is 1.08. The molecule has 2 bridgehead atoms. The molecule has 0 aromatic carbocycles. The molecule has 108 valence electrons. The van der Waals surface area contributed by atoms with Crippen LogP contribution in [0.5, 0.6) is 0 Å². The monoisotopic (exact) mass is 264 g/mol. The molecule has 0 radical (unpaired) electrons. The molecule has 0 aromatic rings. The molecular formula is C15H28N4. The van der Waals surface area contributed by atoms with E-state index in [4.69, 9.17) is 0 Å². The highest BCUT2D eigenvalue weighted by molar-refractivity contribution is 5.83. The Morgan fingerprint density at radius 3 is 1.89 bits per heavy atom. The summed E-state index contributed by atoms with van der Waals surface area (Å²) >= 11 is 0. The molecule has 4 heteroatoms. The standard InChI is InChI=1S/C9H16N2.C6H12N2/c1-2-5-9-10-6-4-8-11(9)7-3-1;1-2-8-5-3-7(1)4-6-8/h1-8H2;1-6H2. The molecule has 19 heavy (non-hydrogen) atoms. The van der Waals surface area contributed by atoms with E-state index in [0.29, 0.717) is 0 Å². The Morgan fingerprint density at radius 2 is 1.26 bits per heavy atom. The highest BCUT2D eigenvalue weighted by Crippen LogP contribution is 2.15. The highest BCUT2D eigenvalue weighted by atomic mass is 15.3. The van der Waals surface area contributed by atoms with Crippen LogP contribution in [0.3, 0.4) is 0 Å². The van der Waals surface area contributed by atoms with E-state index >= 15 is 0 Å². The van der Waals surface area contributed by atoms with E-state index < -0.39 is 0 Å². The SMILES string of the molecule is C1CCC2=NCCCN2CC1.C1CN2CCN1CC2. The number of amidine groups is 1. The van der Waals surface area contributed by atoms with Crippen molar-refractivity contribution in [2.45, 2.75) is 32.1 Å². The van der Waals surface area contributed by atoms with Crippen molar-refractivity contribution in [1.82, 2.24) is 14.7 Å². The Bertz CT molecular complexity index is 284. The summed E-state index contributed by atoms with van der Waals surface area (Å²) in [6, 6.07) is 0. The Kier molecular flexibility index (Phi) is 4.72. The molecule has 5 rings (SSSR count). The zero-order chi connectivity index (χ0) is 12.9. The van der Waals surface area contributed by atoms with Crippen molar-refractivity contribution in [3.05, 3.63) is 0 Å². The molecule has 0 atom stereocenters. The van der Waals surface area contributed by atoms with Crippen LogP contribution in [0.4, 0.5) is 0 Å². The fraction of sp³-hybridized carbons (Fsp3) is 0.933. The lowest BCUT2D eigenvalue weighted by Crippen LogP contribution is -2.55. The Labute approximate surface area is 117 Å². The van der Waals surface area contributed by atoms with Gasteiger partial charge < -0.3 is 4.90 Å². The van der Waals surface area contributed by atoms with Gasteiger partial charge in [0.15, 0.2) is 0 Å². The van der Waals surface area contributed by atoms with Crippen LogP contribution in [0.15, 0.2) is 4.99 Å². The lowest BCUT2D eigenvalue weighted by atomic mass is 10.2.